The largest absolute Gasteiger partial charge is 0.495 e. The molecular formula is C37H30ClN3O4S. The van der Waals surface area contributed by atoms with E-state index in [1.165, 1.54) is 11.8 Å². The molecule has 46 heavy (non-hydrogen) atoms. The van der Waals surface area contributed by atoms with Crippen molar-refractivity contribution in [1.82, 2.24) is 5.32 Å². The Labute approximate surface area is 276 Å². The highest BCUT2D eigenvalue weighted by molar-refractivity contribution is 8.00. The second kappa shape index (κ2) is 15.6. The number of benzene rings is 5. The minimum atomic E-state index is -0.611. The maximum Gasteiger partial charge on any atom is 0.272 e. The number of nitrogens with one attached hydrogen (secondary N) is 3. The second-order valence-electron chi connectivity index (χ2n) is 10.0. The Morgan fingerprint density at radius 3 is 2.20 bits per heavy atom. The van der Waals surface area contributed by atoms with E-state index >= 15 is 0 Å². The lowest BCUT2D eigenvalue weighted by Crippen LogP contribution is -2.30. The van der Waals surface area contributed by atoms with Gasteiger partial charge in [-0.3, -0.25) is 14.4 Å². The summed E-state index contributed by atoms with van der Waals surface area (Å²) in [6.07, 6.45) is 1.56. The number of amides is 3. The van der Waals surface area contributed by atoms with Crippen LogP contribution in [-0.4, -0.2) is 24.8 Å². The van der Waals surface area contributed by atoms with Crippen LogP contribution in [-0.2, 0) is 9.59 Å². The van der Waals surface area contributed by atoms with Gasteiger partial charge in [0.05, 0.1) is 12.8 Å². The summed E-state index contributed by atoms with van der Waals surface area (Å²) < 4.78 is 5.42. The number of hydrogen-bond acceptors (Lipinski definition) is 5. The van der Waals surface area contributed by atoms with E-state index in [-0.39, 0.29) is 11.6 Å². The minimum absolute atomic E-state index is 0.0347. The molecular weight excluding hydrogens is 618 g/mol. The lowest BCUT2D eigenvalue weighted by atomic mass is 10.1. The summed E-state index contributed by atoms with van der Waals surface area (Å²) in [5.41, 5.74) is 2.94. The van der Waals surface area contributed by atoms with Gasteiger partial charge in [0.1, 0.15) is 16.7 Å². The number of halogens is 1. The number of carbonyl (C=O) groups is 3. The molecule has 1 atom stereocenters. The zero-order valence-electron chi connectivity index (χ0n) is 24.8. The number of carbonyl (C=O) groups excluding carboxylic acids is 3. The van der Waals surface area contributed by atoms with Crippen molar-refractivity contribution in [2.75, 3.05) is 17.7 Å². The van der Waals surface area contributed by atoms with Crippen LogP contribution >= 0.6 is 23.4 Å². The summed E-state index contributed by atoms with van der Waals surface area (Å²) in [4.78, 5) is 41.0. The predicted molar refractivity (Wildman–Crippen MR) is 185 cm³/mol. The highest BCUT2D eigenvalue weighted by Gasteiger charge is 2.24. The molecule has 0 aliphatic heterocycles. The van der Waals surface area contributed by atoms with Crippen LogP contribution in [0.5, 0.6) is 5.75 Å². The van der Waals surface area contributed by atoms with E-state index in [4.69, 9.17) is 16.3 Å². The molecule has 5 aromatic carbocycles. The highest BCUT2D eigenvalue weighted by Crippen LogP contribution is 2.38. The van der Waals surface area contributed by atoms with Gasteiger partial charge in [-0.15, -0.1) is 11.8 Å². The normalized spacial score (nSPS) is 11.7. The van der Waals surface area contributed by atoms with Crippen molar-refractivity contribution in [2.45, 2.75) is 10.1 Å². The number of ether oxygens (including phenoxy) is 1. The Morgan fingerprint density at radius 1 is 0.761 bits per heavy atom. The van der Waals surface area contributed by atoms with Gasteiger partial charge < -0.3 is 20.7 Å². The van der Waals surface area contributed by atoms with E-state index in [9.17, 15) is 14.4 Å². The molecule has 0 fully saturated rings. The molecule has 3 amide bonds. The van der Waals surface area contributed by atoms with Crippen LogP contribution in [0.4, 0.5) is 11.4 Å². The van der Waals surface area contributed by atoms with E-state index in [0.29, 0.717) is 33.3 Å². The molecule has 0 aromatic heterocycles. The standard InChI is InChI=1S/C37H30ClN3O4S/c1-45-33-21-9-8-20-31(33)40-37(44)34(26-13-4-2-5-14-26)46-30-19-11-18-29(24-30)39-36(43)32(23-25-12-10-17-28(38)22-25)41-35(42)27-15-6-3-7-16-27/h2-24,34H,1H3,(H,39,43)(H,40,44)(H,41,42)/b32-23-. The molecule has 0 spiro atoms. The Bertz CT molecular complexity index is 1870. The Balaban J connectivity index is 1.38. The molecule has 1 unspecified atom stereocenters. The monoisotopic (exact) mass is 647 g/mol. The van der Waals surface area contributed by atoms with Crippen molar-refractivity contribution < 1.29 is 19.1 Å². The van der Waals surface area contributed by atoms with Gasteiger partial charge in [-0.25, -0.2) is 0 Å². The number of hydrogen-bond donors (Lipinski definition) is 3. The van der Waals surface area contributed by atoms with E-state index in [1.54, 1.807) is 92.0 Å². The van der Waals surface area contributed by atoms with Crippen LogP contribution in [0, 0.1) is 0 Å². The number of para-hydroxylation sites is 2. The fraction of sp³-hybridized carbons (Fsp3) is 0.0541. The van der Waals surface area contributed by atoms with Crippen LogP contribution < -0.4 is 20.7 Å². The molecule has 9 heteroatoms. The summed E-state index contributed by atoms with van der Waals surface area (Å²) in [5, 5.41) is 8.50. The first kappa shape index (κ1) is 32.1. The number of rotatable bonds is 11. The summed E-state index contributed by atoms with van der Waals surface area (Å²) in [6, 6.07) is 39.5. The van der Waals surface area contributed by atoms with Crippen LogP contribution in [0.1, 0.15) is 26.7 Å². The smallest absolute Gasteiger partial charge is 0.272 e. The van der Waals surface area contributed by atoms with E-state index in [0.717, 1.165) is 10.5 Å². The third kappa shape index (κ3) is 8.65. The molecule has 5 rings (SSSR count). The first-order chi connectivity index (χ1) is 22.4. The third-order valence-electron chi connectivity index (χ3n) is 6.74. The SMILES string of the molecule is COc1ccccc1NC(=O)C(Sc1cccc(NC(=O)/C(=C/c2cccc(Cl)c2)NC(=O)c2ccccc2)c1)c1ccccc1. The van der Waals surface area contributed by atoms with Gasteiger partial charge in [-0.1, -0.05) is 90.5 Å². The number of thioether (sulfide) groups is 1. The van der Waals surface area contributed by atoms with Gasteiger partial charge >= 0.3 is 0 Å². The summed E-state index contributed by atoms with van der Waals surface area (Å²) in [5.74, 6) is -0.635. The molecule has 0 aliphatic rings. The average molecular weight is 648 g/mol. The van der Waals surface area contributed by atoms with Crippen LogP contribution in [0.3, 0.4) is 0 Å². The maximum atomic E-state index is 13.6. The van der Waals surface area contributed by atoms with E-state index < -0.39 is 17.1 Å². The van der Waals surface area contributed by atoms with Crippen LogP contribution in [0.2, 0.25) is 5.02 Å². The fourth-order valence-electron chi connectivity index (χ4n) is 4.53. The summed E-state index contributed by atoms with van der Waals surface area (Å²) in [7, 11) is 1.55. The fourth-order valence-corrected chi connectivity index (χ4v) is 5.82. The molecule has 0 radical (unpaired) electrons. The van der Waals surface area contributed by atoms with Crippen molar-refractivity contribution in [3.8, 4) is 5.75 Å². The lowest BCUT2D eigenvalue weighted by Gasteiger charge is -2.19. The van der Waals surface area contributed by atoms with Gasteiger partial charge in [0.2, 0.25) is 5.91 Å². The Hall–Kier alpha value is -5.31. The zero-order chi connectivity index (χ0) is 32.3. The van der Waals surface area contributed by atoms with E-state index in [1.807, 2.05) is 54.6 Å². The van der Waals surface area contributed by atoms with Gasteiger partial charge in [0.25, 0.3) is 11.8 Å². The first-order valence-corrected chi connectivity index (χ1v) is 15.6. The Morgan fingerprint density at radius 2 is 1.46 bits per heavy atom. The first-order valence-electron chi connectivity index (χ1n) is 14.3. The minimum Gasteiger partial charge on any atom is -0.495 e. The molecule has 0 saturated carbocycles. The van der Waals surface area contributed by atoms with Crippen molar-refractivity contribution in [2.24, 2.45) is 0 Å². The maximum absolute atomic E-state index is 13.6. The van der Waals surface area contributed by atoms with Crippen molar-refractivity contribution in [3.63, 3.8) is 0 Å². The molecule has 0 heterocycles. The molecule has 0 aliphatic carbocycles. The van der Waals surface area contributed by atoms with Crippen molar-refractivity contribution in [1.29, 1.82) is 0 Å². The summed E-state index contributed by atoms with van der Waals surface area (Å²) in [6.45, 7) is 0. The molecule has 0 bridgehead atoms. The van der Waals surface area contributed by atoms with Crippen LogP contribution in [0.25, 0.3) is 6.08 Å². The molecule has 5 aromatic rings. The quantitative estimate of drug-likeness (QED) is 0.0991. The van der Waals surface area contributed by atoms with Crippen LogP contribution in [0.15, 0.2) is 144 Å². The van der Waals surface area contributed by atoms with Gasteiger partial charge in [-0.05, 0) is 71.8 Å². The number of methoxy groups -OCH3 is 1. The van der Waals surface area contributed by atoms with Crippen molar-refractivity contribution in [3.05, 3.63) is 161 Å². The third-order valence-corrected chi connectivity index (χ3v) is 8.22. The molecule has 0 saturated heterocycles. The molecule has 230 valence electrons. The average Bonchev–Trinajstić information content (AvgIpc) is 3.08. The zero-order valence-corrected chi connectivity index (χ0v) is 26.3. The predicted octanol–water partition coefficient (Wildman–Crippen LogP) is 8.23. The highest BCUT2D eigenvalue weighted by atomic mass is 35.5. The topological polar surface area (TPSA) is 96.5 Å². The molecule has 7 nitrogen and oxygen atoms in total. The summed E-state index contributed by atoms with van der Waals surface area (Å²) >= 11 is 7.51. The van der Waals surface area contributed by atoms with Gasteiger partial charge in [0, 0.05) is 21.2 Å². The second-order valence-corrected chi connectivity index (χ2v) is 11.6. The molecule has 3 N–H and O–H groups in total. The van der Waals surface area contributed by atoms with E-state index in [2.05, 4.69) is 16.0 Å². The van der Waals surface area contributed by atoms with Crippen molar-refractivity contribution >= 4 is 58.5 Å². The lowest BCUT2D eigenvalue weighted by molar-refractivity contribution is -0.116. The van der Waals surface area contributed by atoms with Gasteiger partial charge in [-0.2, -0.15) is 0 Å². The Kier molecular flexibility index (Phi) is 10.9. The number of anilines is 2. The van der Waals surface area contributed by atoms with Gasteiger partial charge in [0.15, 0.2) is 0 Å².